The van der Waals surface area contributed by atoms with Crippen LogP contribution in [0.1, 0.15) is 105 Å². The molecule has 21 N–H and O–H groups in total. The first kappa shape index (κ1) is 74.5. The average Bonchev–Trinajstić information content (AvgIpc) is 0.775. The van der Waals surface area contributed by atoms with Crippen LogP contribution in [0.25, 0.3) is 11.1 Å². The number of aromatic hydroxyl groups is 3. The Hall–Kier alpha value is -9.20. The van der Waals surface area contributed by atoms with E-state index in [1.807, 2.05) is 13.8 Å². The predicted octanol–water partition coefficient (Wildman–Crippen LogP) is 0.106. The number of rotatable bonds is 13. The van der Waals surface area contributed by atoms with Gasteiger partial charge >= 0.3 is 5.97 Å². The van der Waals surface area contributed by atoms with Crippen molar-refractivity contribution in [1.82, 2.24) is 37.2 Å². The molecule has 33 nitrogen and oxygen atoms in total. The van der Waals surface area contributed by atoms with Gasteiger partial charge in [0.25, 0.3) is 0 Å². The Balaban J connectivity index is 1.24. The number of aliphatic carboxylic acids is 1. The molecule has 542 valence electrons. The third-order valence-electron chi connectivity index (χ3n) is 17.8. The molecule has 12 rings (SSSR count). The van der Waals surface area contributed by atoms with Crippen molar-refractivity contribution in [2.24, 2.45) is 17.4 Å². The van der Waals surface area contributed by atoms with Crippen LogP contribution < -0.4 is 62.9 Å². The van der Waals surface area contributed by atoms with E-state index in [0.717, 1.165) is 66.7 Å². The number of hydrogen-bond acceptors (Lipinski definition) is 25. The zero-order valence-electron chi connectivity index (χ0n) is 54.3. The zero-order chi connectivity index (χ0) is 73.5. The van der Waals surface area contributed by atoms with Gasteiger partial charge in [-0.2, -0.15) is 0 Å². The molecule has 2 fully saturated rings. The van der Waals surface area contributed by atoms with Gasteiger partial charge in [0.2, 0.25) is 53.4 Å². The van der Waals surface area contributed by atoms with E-state index in [0.29, 0.717) is 0 Å². The van der Waals surface area contributed by atoms with E-state index in [1.54, 1.807) is 0 Å². The van der Waals surface area contributed by atoms with Crippen LogP contribution in [0, 0.1) is 5.92 Å². The van der Waals surface area contributed by atoms with Crippen molar-refractivity contribution in [3.63, 3.8) is 0 Å². The largest absolute Gasteiger partial charge is 0.508 e. The number of benzene rings is 5. The van der Waals surface area contributed by atoms with E-state index >= 15 is 14.4 Å². The third kappa shape index (κ3) is 15.8. The number of amides is 7. The van der Waals surface area contributed by atoms with E-state index < -0.39 is 237 Å². The van der Waals surface area contributed by atoms with Crippen molar-refractivity contribution >= 4 is 70.5 Å². The van der Waals surface area contributed by atoms with Gasteiger partial charge in [0.15, 0.2) is 29.9 Å². The molecule has 0 aliphatic carbocycles. The molecule has 7 heterocycles. The summed E-state index contributed by atoms with van der Waals surface area (Å²) in [6.45, 7) is 5.66. The smallest absolute Gasteiger partial charge is 0.330 e. The number of aliphatic hydroxyl groups excluding tert-OH is 6. The Labute approximate surface area is 584 Å². The normalized spacial score (nSPS) is 29.4. The number of carboxylic acid groups (broad SMARTS) is 1. The summed E-state index contributed by atoms with van der Waals surface area (Å²) in [6, 6.07) is -0.679. The summed E-state index contributed by atoms with van der Waals surface area (Å²) in [6.07, 6.45) is -18.6. The fraction of sp³-hybridized carbons (Fsp3) is 0.424. The number of phenols is 3. The lowest BCUT2D eigenvalue weighted by atomic mass is 9.86. The number of carbonyl (C=O) groups is 8. The maximum Gasteiger partial charge on any atom is 0.330 e. The van der Waals surface area contributed by atoms with Gasteiger partial charge in [-0.1, -0.05) is 55.2 Å². The highest BCUT2D eigenvalue weighted by Crippen LogP contribution is 2.50. The number of nitrogens with two attached hydrogens (primary N) is 2. The number of likely N-dealkylation sites (N-methyl/N-ethyl adjacent to an activating group) is 1. The Morgan fingerprint density at radius 1 is 0.713 bits per heavy atom. The first-order chi connectivity index (χ1) is 47.7. The van der Waals surface area contributed by atoms with Crippen LogP contribution in [0.15, 0.2) is 78.9 Å². The third-order valence-corrected chi connectivity index (χ3v) is 18.4. The Morgan fingerprint density at radius 2 is 1.32 bits per heavy atom. The minimum absolute atomic E-state index is 0.0975. The Morgan fingerprint density at radius 3 is 1.90 bits per heavy atom. The molecule has 18 atom stereocenters. The van der Waals surface area contributed by atoms with Crippen molar-refractivity contribution < 1.29 is 118 Å². The zero-order valence-corrected chi connectivity index (χ0v) is 55.8. The lowest BCUT2D eigenvalue weighted by Crippen LogP contribution is -2.64. The molecular weight excluding hydrogens is 1370 g/mol. The lowest BCUT2D eigenvalue weighted by molar-refractivity contribution is -0.333. The second kappa shape index (κ2) is 30.2. The number of nitrogens with one attached hydrogen (secondary N) is 7. The number of phenolic OH excluding ortho intramolecular Hbond substituents is 3. The highest BCUT2D eigenvalue weighted by atomic mass is 35.5. The molecule has 5 aromatic rings. The fourth-order valence-corrected chi connectivity index (χ4v) is 12.9. The van der Waals surface area contributed by atoms with Gasteiger partial charge in [0, 0.05) is 34.7 Å². The van der Waals surface area contributed by atoms with E-state index in [4.69, 9.17) is 63.1 Å². The number of ether oxygens (including phenoxy) is 6. The number of hydrogen-bond donors (Lipinski definition) is 19. The van der Waals surface area contributed by atoms with Gasteiger partial charge in [-0.05, 0) is 110 Å². The van der Waals surface area contributed by atoms with Crippen LogP contribution in [-0.2, 0) is 52.6 Å². The highest BCUT2D eigenvalue weighted by Gasteiger charge is 2.51. The van der Waals surface area contributed by atoms with Gasteiger partial charge in [-0.3, -0.25) is 33.6 Å². The highest BCUT2D eigenvalue weighted by molar-refractivity contribution is 6.32. The summed E-state index contributed by atoms with van der Waals surface area (Å²) in [4.78, 5) is 117. The number of carbonyl (C=O) groups excluding carboxylic acids is 7. The van der Waals surface area contributed by atoms with Gasteiger partial charge in [0.1, 0.15) is 89.5 Å². The first-order valence-electron chi connectivity index (χ1n) is 31.6. The molecule has 35 heteroatoms. The molecule has 0 spiro atoms. The quantitative estimate of drug-likeness (QED) is 0.0743. The molecule has 2 unspecified atom stereocenters. The molecule has 7 aliphatic heterocycles. The standard InChI is InChI=1S/C66H75Cl2N9O24/c1-23(2)12-34(71-5)58(88)76-49-51(83)26-7-10-38(32(67)14-26)97-40-16-28-17-41(55(40)101-65-56(54(86)53(85)42(22-78)99-65)100-44-21-66(4,70)57(87)24(3)96-44)98-39-11-8-27(15-33(39)68)52(84)50-63(93)75-48(64(94)95)31-18-29(79)19-37(81)45(31)30-13-25(6-9-36(30)80)46(60(90)77-50)74-61(91)47(28)73-59(89)35(20-43(69)82)72-62(49)92/h6-11,13-19,23-24,34-35,42,44,46-54,56-57,65,71,78-81,83-87H,12,20-22,70H2,1-5H3,(H2,69,82)(H,72,92)(H,73,89)(H,74,91)(H,75,93)(H,76,88)(H,77,90)(H,94,95)/t24-,34+,35-,42+,44-,46+,47+,48-,49?,50-,51+,52+,53?,54-,56+,57+,65-,66-/m0/s1. The lowest BCUT2D eigenvalue weighted by Gasteiger charge is -2.47. The molecule has 2 saturated heterocycles. The monoisotopic (exact) mass is 1450 g/mol. The number of primary amides is 1. The number of fused-ring (bicyclic) bond motifs is 15. The topological polar surface area (TPSA) is 530 Å². The minimum atomic E-state index is -2.35. The summed E-state index contributed by atoms with van der Waals surface area (Å²) in [7, 11) is 1.47. The second-order valence-corrected chi connectivity index (χ2v) is 26.5. The van der Waals surface area contributed by atoms with E-state index in [-0.39, 0.29) is 46.2 Å². The van der Waals surface area contributed by atoms with Crippen molar-refractivity contribution in [1.29, 1.82) is 0 Å². The summed E-state index contributed by atoms with van der Waals surface area (Å²) in [5.74, 6) is -16.0. The maximum absolute atomic E-state index is 16.0. The minimum Gasteiger partial charge on any atom is -0.508 e. The van der Waals surface area contributed by atoms with Crippen LogP contribution >= 0.6 is 23.2 Å². The SMILES string of the molecule is CN[C@H](CC(C)C)C(=O)NC1C(=O)N[C@@H](CC(N)=O)C(=O)N[C@H]2C(=O)N[C@H]3C(=O)N[C@H](C(=O)N[C@H](C(=O)O)c4cc(O)cc(O)c4-c4cc3ccc4O)[C@H](O)c3ccc(c(Cl)c3)Oc3cc2cc(c3O[C@@H]2O[C@H](CO)C(O)[C@H](O)[C@H]2O[C@H]2C[C@](C)(N)[C@H](O)[C@H](C)O2)Oc2ccc(cc2Cl)[C@H]1O. The van der Waals surface area contributed by atoms with Crippen molar-refractivity contribution in [3.8, 4) is 57.1 Å². The van der Waals surface area contributed by atoms with Crippen LogP contribution in [-0.4, -0.2) is 191 Å². The summed E-state index contributed by atoms with van der Waals surface area (Å²) in [5.41, 5.74) is 8.00. The second-order valence-electron chi connectivity index (χ2n) is 25.7. The number of carboxylic acids is 1. The van der Waals surface area contributed by atoms with Crippen LogP contribution in [0.3, 0.4) is 0 Å². The molecule has 0 saturated carbocycles. The van der Waals surface area contributed by atoms with Crippen LogP contribution in [0.5, 0.6) is 46.0 Å². The summed E-state index contributed by atoms with van der Waals surface area (Å²) >= 11 is 14.1. The number of halogens is 2. The van der Waals surface area contributed by atoms with Gasteiger partial charge in [-0.25, -0.2) is 4.79 Å². The van der Waals surface area contributed by atoms with Gasteiger partial charge < -0.3 is 128 Å². The molecule has 101 heavy (non-hydrogen) atoms. The van der Waals surface area contributed by atoms with E-state index in [2.05, 4.69) is 37.2 Å². The molecular formula is C66H75Cl2N9O24. The first-order valence-corrected chi connectivity index (χ1v) is 32.4. The molecule has 7 amide bonds. The van der Waals surface area contributed by atoms with Crippen LogP contribution in [0.2, 0.25) is 10.0 Å². The summed E-state index contributed by atoms with van der Waals surface area (Å²) in [5, 5.41) is 131. The number of aliphatic hydroxyl groups is 6. The maximum atomic E-state index is 16.0. The van der Waals surface area contributed by atoms with Crippen molar-refractivity contribution in [2.45, 2.75) is 156 Å². The average molecular weight is 1450 g/mol. The van der Waals surface area contributed by atoms with E-state index in [9.17, 15) is 75.0 Å². The molecule has 0 radical (unpaired) electrons. The van der Waals surface area contributed by atoms with Crippen molar-refractivity contribution in [3.05, 3.63) is 117 Å². The molecule has 0 aromatic heterocycles. The molecule has 11 bridgehead atoms. The Bertz CT molecular complexity index is 4070. The van der Waals surface area contributed by atoms with Gasteiger partial charge in [0.05, 0.1) is 41.3 Å². The predicted molar refractivity (Wildman–Crippen MR) is 349 cm³/mol. The fourth-order valence-electron chi connectivity index (χ4n) is 12.5. The molecule has 5 aromatic carbocycles. The van der Waals surface area contributed by atoms with Gasteiger partial charge in [-0.15, -0.1) is 0 Å². The Kier molecular flexibility index (Phi) is 22.2. The van der Waals surface area contributed by atoms with Crippen LogP contribution in [0.4, 0.5) is 0 Å². The van der Waals surface area contributed by atoms with Crippen molar-refractivity contribution in [2.75, 3.05) is 13.7 Å². The summed E-state index contributed by atoms with van der Waals surface area (Å²) < 4.78 is 38.3. The molecule has 7 aliphatic rings. The van der Waals surface area contributed by atoms with E-state index in [1.165, 1.54) is 33.0 Å².